The van der Waals surface area contributed by atoms with Crippen molar-refractivity contribution in [1.29, 1.82) is 0 Å². The van der Waals surface area contributed by atoms with Gasteiger partial charge in [-0.15, -0.1) is 0 Å². The van der Waals surface area contributed by atoms with Crippen LogP contribution in [0.1, 0.15) is 70.4 Å². The SMILES string of the molecule is CC(=O)NC1C(C)C2CC1C1C(=O)N(C[C@H]3CCCC[C@@H]3CN3CCC(c4noc5ccccc45)CC3)C(=O)C21. The summed E-state index contributed by atoms with van der Waals surface area (Å²) >= 11 is 0. The Morgan fingerprint density at radius 3 is 2.38 bits per heavy atom. The number of likely N-dealkylation sites (tertiary alicyclic amines) is 2. The van der Waals surface area contributed by atoms with E-state index in [1.54, 1.807) is 11.8 Å². The molecule has 2 saturated heterocycles. The van der Waals surface area contributed by atoms with Gasteiger partial charge in [-0.1, -0.05) is 37.1 Å². The molecule has 8 heteroatoms. The fraction of sp³-hybridized carbons (Fsp3) is 0.688. The molecular formula is C32H42N4O4. The lowest BCUT2D eigenvalue weighted by molar-refractivity contribution is -0.142. The van der Waals surface area contributed by atoms with Crippen molar-refractivity contribution in [1.82, 2.24) is 20.3 Å². The highest BCUT2D eigenvalue weighted by molar-refractivity contribution is 6.06. The van der Waals surface area contributed by atoms with Crippen LogP contribution in [0.25, 0.3) is 11.0 Å². The fourth-order valence-corrected chi connectivity index (χ4v) is 9.42. The summed E-state index contributed by atoms with van der Waals surface area (Å²) in [4.78, 5) is 43.5. The van der Waals surface area contributed by atoms with E-state index in [4.69, 9.17) is 4.52 Å². The normalized spacial score (nSPS) is 36.5. The van der Waals surface area contributed by atoms with E-state index in [0.717, 1.165) is 62.0 Å². The van der Waals surface area contributed by atoms with Gasteiger partial charge in [-0.05, 0) is 86.9 Å². The van der Waals surface area contributed by atoms with Gasteiger partial charge in [-0.2, -0.15) is 0 Å². The summed E-state index contributed by atoms with van der Waals surface area (Å²) in [6, 6.07) is 8.16. The Bertz CT molecular complexity index is 1300. The summed E-state index contributed by atoms with van der Waals surface area (Å²) in [5.74, 6) is 1.52. The zero-order valence-electron chi connectivity index (χ0n) is 23.8. The van der Waals surface area contributed by atoms with E-state index in [2.05, 4.69) is 34.4 Å². The number of hydrogen-bond acceptors (Lipinski definition) is 6. The van der Waals surface area contributed by atoms with Crippen LogP contribution in [0.15, 0.2) is 28.8 Å². The Morgan fingerprint density at radius 1 is 0.975 bits per heavy atom. The summed E-state index contributed by atoms with van der Waals surface area (Å²) in [7, 11) is 0. The number of carbonyl (C=O) groups excluding carboxylic acids is 3. The molecule has 0 radical (unpaired) electrons. The standard InChI is InChI=1S/C32H42N4O4/c1-18-24-15-25(29(18)33-19(2)37)28-27(24)31(38)36(32(28)39)17-22-8-4-3-7-21(22)16-35-13-11-20(12-14-35)30-23-9-5-6-10-26(23)40-34-30/h5-6,9-10,18,20-22,24-25,27-29H,3-4,7-8,11-17H2,1-2H3,(H,33,37)/t18?,21-,22-,24?,25?,27?,28?,29?/m1/s1. The van der Waals surface area contributed by atoms with Crippen molar-refractivity contribution in [2.45, 2.75) is 70.8 Å². The molecule has 7 rings (SSSR count). The molecule has 40 heavy (non-hydrogen) atoms. The zero-order chi connectivity index (χ0) is 27.5. The Labute approximate surface area is 236 Å². The number of nitrogens with one attached hydrogen (secondary N) is 1. The van der Waals surface area contributed by atoms with Crippen molar-refractivity contribution >= 4 is 28.7 Å². The van der Waals surface area contributed by atoms with Crippen molar-refractivity contribution < 1.29 is 18.9 Å². The van der Waals surface area contributed by atoms with Crippen molar-refractivity contribution in [2.75, 3.05) is 26.2 Å². The molecule has 214 valence electrons. The summed E-state index contributed by atoms with van der Waals surface area (Å²) in [5.41, 5.74) is 1.97. The Kier molecular flexibility index (Phi) is 6.72. The molecule has 2 bridgehead atoms. The highest BCUT2D eigenvalue weighted by atomic mass is 16.5. The van der Waals surface area contributed by atoms with Gasteiger partial charge in [-0.3, -0.25) is 19.3 Å². The maximum Gasteiger partial charge on any atom is 0.233 e. The molecular weight excluding hydrogens is 504 g/mol. The summed E-state index contributed by atoms with van der Waals surface area (Å²) in [6.45, 7) is 7.42. The maximum absolute atomic E-state index is 13.7. The quantitative estimate of drug-likeness (QED) is 0.546. The molecule has 0 spiro atoms. The van der Waals surface area contributed by atoms with Crippen LogP contribution in [0.4, 0.5) is 0 Å². The third kappa shape index (κ3) is 4.29. The molecule has 5 fully saturated rings. The number of fused-ring (bicyclic) bond motifs is 6. The molecule has 1 aromatic carbocycles. The van der Waals surface area contributed by atoms with Gasteiger partial charge >= 0.3 is 0 Å². The van der Waals surface area contributed by atoms with Crippen molar-refractivity contribution in [3.63, 3.8) is 0 Å². The molecule has 3 saturated carbocycles. The van der Waals surface area contributed by atoms with Gasteiger partial charge in [-0.25, -0.2) is 0 Å². The summed E-state index contributed by atoms with van der Waals surface area (Å²) < 4.78 is 5.58. The molecule has 3 amide bonds. The lowest BCUT2D eigenvalue weighted by atomic mass is 9.73. The number of carbonyl (C=O) groups is 3. The Morgan fingerprint density at radius 2 is 1.65 bits per heavy atom. The number of imide groups is 1. The highest BCUT2D eigenvalue weighted by Crippen LogP contribution is 2.58. The highest BCUT2D eigenvalue weighted by Gasteiger charge is 2.66. The molecule has 1 N–H and O–H groups in total. The molecule has 2 aliphatic heterocycles. The van der Waals surface area contributed by atoms with E-state index in [0.29, 0.717) is 24.3 Å². The number of piperidine rings is 1. The lowest BCUT2D eigenvalue weighted by Gasteiger charge is -2.39. The van der Waals surface area contributed by atoms with Crippen molar-refractivity contribution in [3.05, 3.63) is 30.0 Å². The first kappa shape index (κ1) is 26.2. The molecule has 2 aromatic rings. The lowest BCUT2D eigenvalue weighted by Crippen LogP contribution is -2.48. The smallest absolute Gasteiger partial charge is 0.233 e. The van der Waals surface area contributed by atoms with Crippen LogP contribution >= 0.6 is 0 Å². The van der Waals surface area contributed by atoms with Crippen LogP contribution in [0, 0.1) is 41.4 Å². The Balaban J connectivity index is 0.989. The van der Waals surface area contributed by atoms with Crippen LogP contribution < -0.4 is 5.32 Å². The number of benzene rings is 1. The van der Waals surface area contributed by atoms with E-state index in [9.17, 15) is 14.4 Å². The second-order valence-electron chi connectivity index (χ2n) is 13.4. The van der Waals surface area contributed by atoms with E-state index < -0.39 is 0 Å². The predicted molar refractivity (Wildman–Crippen MR) is 150 cm³/mol. The fourth-order valence-electron chi connectivity index (χ4n) is 9.42. The second kappa shape index (κ2) is 10.3. The minimum atomic E-state index is -0.237. The second-order valence-corrected chi connectivity index (χ2v) is 13.4. The van der Waals surface area contributed by atoms with Gasteiger partial charge in [0, 0.05) is 37.4 Å². The third-order valence-electron chi connectivity index (χ3n) is 11.4. The summed E-state index contributed by atoms with van der Waals surface area (Å²) in [5, 5.41) is 8.67. The van der Waals surface area contributed by atoms with Crippen LogP contribution in [0.5, 0.6) is 0 Å². The third-order valence-corrected chi connectivity index (χ3v) is 11.4. The van der Waals surface area contributed by atoms with Gasteiger partial charge < -0.3 is 14.7 Å². The number of hydrogen-bond donors (Lipinski definition) is 1. The first-order valence-electron chi connectivity index (χ1n) is 15.6. The number of nitrogens with zero attached hydrogens (tertiary/aromatic N) is 3. The number of aromatic nitrogens is 1. The first-order valence-corrected chi connectivity index (χ1v) is 15.6. The van der Waals surface area contributed by atoms with Crippen molar-refractivity contribution in [2.24, 2.45) is 41.4 Å². The van der Waals surface area contributed by atoms with Gasteiger partial charge in [0.2, 0.25) is 17.7 Å². The number of rotatable bonds is 6. The van der Waals surface area contributed by atoms with Gasteiger partial charge in [0.1, 0.15) is 0 Å². The molecule has 8 atom stereocenters. The minimum Gasteiger partial charge on any atom is -0.356 e. The molecule has 6 unspecified atom stereocenters. The van der Waals surface area contributed by atoms with Crippen molar-refractivity contribution in [3.8, 4) is 0 Å². The van der Waals surface area contributed by atoms with Crippen LogP contribution in [0.3, 0.4) is 0 Å². The average Bonchev–Trinajstić information content (AvgIpc) is 3.69. The van der Waals surface area contributed by atoms with E-state index in [1.165, 1.54) is 19.3 Å². The van der Waals surface area contributed by atoms with Crippen LogP contribution in [-0.2, 0) is 14.4 Å². The maximum atomic E-state index is 13.7. The first-order chi connectivity index (χ1) is 19.4. The van der Waals surface area contributed by atoms with Crippen LogP contribution in [0.2, 0.25) is 0 Å². The number of para-hydroxylation sites is 1. The largest absolute Gasteiger partial charge is 0.356 e. The topological polar surface area (TPSA) is 95.8 Å². The minimum absolute atomic E-state index is 0.0149. The van der Waals surface area contributed by atoms with Crippen LogP contribution in [-0.4, -0.2) is 64.9 Å². The monoisotopic (exact) mass is 546 g/mol. The van der Waals surface area contributed by atoms with Gasteiger partial charge in [0.05, 0.1) is 17.5 Å². The molecule has 8 nitrogen and oxygen atoms in total. The molecule has 1 aromatic heterocycles. The van der Waals surface area contributed by atoms with E-state index in [1.807, 2.05) is 12.1 Å². The molecule has 3 heterocycles. The number of amides is 3. The predicted octanol–water partition coefficient (Wildman–Crippen LogP) is 4.21. The Hall–Kier alpha value is -2.74. The van der Waals surface area contributed by atoms with E-state index >= 15 is 0 Å². The molecule has 3 aliphatic carbocycles. The summed E-state index contributed by atoms with van der Waals surface area (Å²) in [6.07, 6.45) is 7.73. The zero-order valence-corrected chi connectivity index (χ0v) is 23.8. The average molecular weight is 547 g/mol. The molecule has 5 aliphatic rings. The van der Waals surface area contributed by atoms with Gasteiger partial charge in [0.25, 0.3) is 0 Å². The van der Waals surface area contributed by atoms with E-state index in [-0.39, 0.29) is 53.4 Å². The van der Waals surface area contributed by atoms with Gasteiger partial charge in [0.15, 0.2) is 5.58 Å².